The van der Waals surface area contributed by atoms with E-state index in [4.69, 9.17) is 11.6 Å². The maximum absolute atomic E-state index is 12.3. The van der Waals surface area contributed by atoms with Crippen molar-refractivity contribution in [3.63, 3.8) is 0 Å². The van der Waals surface area contributed by atoms with Crippen LogP contribution >= 0.6 is 11.6 Å². The summed E-state index contributed by atoms with van der Waals surface area (Å²) in [6, 6.07) is 10.4. The molecule has 132 valence electrons. The second-order valence-electron chi connectivity index (χ2n) is 6.14. The summed E-state index contributed by atoms with van der Waals surface area (Å²) in [7, 11) is 0. The molecule has 1 aromatic carbocycles. The van der Waals surface area contributed by atoms with E-state index in [0.29, 0.717) is 29.6 Å². The zero-order chi connectivity index (χ0) is 18.2. The number of nitrogens with zero attached hydrogens (tertiary/aromatic N) is 1. The lowest BCUT2D eigenvalue weighted by atomic mass is 10.1. The van der Waals surface area contributed by atoms with E-state index < -0.39 is 0 Å². The van der Waals surface area contributed by atoms with Gasteiger partial charge in [-0.2, -0.15) is 0 Å². The molecule has 1 heterocycles. The SMILES string of the molecule is CC(C)CCNC(=O)c1cc(C(=O)NCc2ccccc2Cl)ccn1. The average Bonchev–Trinajstić information content (AvgIpc) is 2.60. The molecule has 0 aliphatic heterocycles. The highest BCUT2D eigenvalue weighted by Crippen LogP contribution is 2.14. The number of amides is 2. The highest BCUT2D eigenvalue weighted by molar-refractivity contribution is 6.31. The summed E-state index contributed by atoms with van der Waals surface area (Å²) >= 11 is 6.08. The molecule has 1 aromatic heterocycles. The van der Waals surface area contributed by atoms with Gasteiger partial charge in [0.1, 0.15) is 5.69 Å². The topological polar surface area (TPSA) is 71.1 Å². The summed E-state index contributed by atoms with van der Waals surface area (Å²) in [5.74, 6) is -0.0462. The van der Waals surface area contributed by atoms with Crippen LogP contribution in [0.3, 0.4) is 0 Å². The first-order valence-electron chi connectivity index (χ1n) is 8.23. The third-order valence-corrected chi connectivity index (χ3v) is 4.03. The van der Waals surface area contributed by atoms with E-state index >= 15 is 0 Å². The smallest absolute Gasteiger partial charge is 0.269 e. The Morgan fingerprint density at radius 2 is 1.88 bits per heavy atom. The summed E-state index contributed by atoms with van der Waals surface area (Å²) in [5.41, 5.74) is 1.45. The number of benzene rings is 1. The summed E-state index contributed by atoms with van der Waals surface area (Å²) in [5, 5.41) is 6.21. The predicted molar refractivity (Wildman–Crippen MR) is 98.6 cm³/mol. The van der Waals surface area contributed by atoms with Crippen LogP contribution in [0.1, 0.15) is 46.7 Å². The van der Waals surface area contributed by atoms with Gasteiger partial charge in [0, 0.05) is 29.9 Å². The van der Waals surface area contributed by atoms with E-state index in [0.717, 1.165) is 12.0 Å². The maximum Gasteiger partial charge on any atom is 0.269 e. The highest BCUT2D eigenvalue weighted by atomic mass is 35.5. The first-order valence-corrected chi connectivity index (χ1v) is 8.61. The van der Waals surface area contributed by atoms with Crippen LogP contribution < -0.4 is 10.6 Å². The molecule has 5 nitrogen and oxygen atoms in total. The molecule has 25 heavy (non-hydrogen) atoms. The monoisotopic (exact) mass is 359 g/mol. The lowest BCUT2D eigenvalue weighted by Crippen LogP contribution is -2.27. The van der Waals surface area contributed by atoms with Crippen molar-refractivity contribution < 1.29 is 9.59 Å². The number of halogens is 1. The molecule has 2 aromatic rings. The van der Waals surface area contributed by atoms with Crippen molar-refractivity contribution in [3.05, 3.63) is 64.4 Å². The van der Waals surface area contributed by atoms with Gasteiger partial charge in [-0.15, -0.1) is 0 Å². The number of hydrogen-bond donors (Lipinski definition) is 2. The van der Waals surface area contributed by atoms with Crippen molar-refractivity contribution in [2.75, 3.05) is 6.54 Å². The third-order valence-electron chi connectivity index (χ3n) is 3.66. The molecule has 0 saturated heterocycles. The minimum Gasteiger partial charge on any atom is -0.351 e. The molecule has 0 atom stereocenters. The first kappa shape index (κ1) is 18.9. The van der Waals surface area contributed by atoms with E-state index in [2.05, 4.69) is 29.5 Å². The van der Waals surface area contributed by atoms with Gasteiger partial charge in [0.15, 0.2) is 0 Å². The van der Waals surface area contributed by atoms with Crippen LogP contribution in [0, 0.1) is 5.92 Å². The van der Waals surface area contributed by atoms with Gasteiger partial charge in [-0.25, -0.2) is 0 Å². The fraction of sp³-hybridized carbons (Fsp3) is 0.316. The molecule has 2 N–H and O–H groups in total. The normalized spacial score (nSPS) is 10.6. The van der Waals surface area contributed by atoms with Crippen LogP contribution in [-0.2, 0) is 6.54 Å². The van der Waals surface area contributed by atoms with Crippen LogP contribution in [0.4, 0.5) is 0 Å². The molecule has 0 radical (unpaired) electrons. The Labute approximate surface area is 152 Å². The van der Waals surface area contributed by atoms with Gasteiger partial charge in [-0.1, -0.05) is 43.6 Å². The van der Waals surface area contributed by atoms with Crippen molar-refractivity contribution in [1.82, 2.24) is 15.6 Å². The average molecular weight is 360 g/mol. The molecule has 0 saturated carbocycles. The molecule has 0 bridgehead atoms. The Hall–Kier alpha value is -2.40. The number of rotatable bonds is 7. The van der Waals surface area contributed by atoms with E-state index in [-0.39, 0.29) is 17.5 Å². The number of aromatic nitrogens is 1. The van der Waals surface area contributed by atoms with Crippen molar-refractivity contribution >= 4 is 23.4 Å². The van der Waals surface area contributed by atoms with E-state index in [1.807, 2.05) is 18.2 Å². The third kappa shape index (κ3) is 5.87. The Balaban J connectivity index is 1.96. The zero-order valence-corrected chi connectivity index (χ0v) is 15.1. The Bertz CT molecular complexity index is 747. The summed E-state index contributed by atoms with van der Waals surface area (Å²) < 4.78 is 0. The molecular formula is C19H22ClN3O2. The summed E-state index contributed by atoms with van der Waals surface area (Å²) in [4.78, 5) is 28.4. The van der Waals surface area contributed by atoms with Gasteiger partial charge in [0.25, 0.3) is 11.8 Å². The lowest BCUT2D eigenvalue weighted by molar-refractivity contribution is 0.0947. The fourth-order valence-corrected chi connectivity index (χ4v) is 2.38. The Morgan fingerprint density at radius 1 is 1.12 bits per heavy atom. The molecule has 0 aliphatic rings. The Morgan fingerprint density at radius 3 is 2.60 bits per heavy atom. The zero-order valence-electron chi connectivity index (χ0n) is 14.4. The molecule has 0 aliphatic carbocycles. The molecule has 0 fully saturated rings. The largest absolute Gasteiger partial charge is 0.351 e. The number of carbonyl (C=O) groups is 2. The molecule has 2 rings (SSSR count). The van der Waals surface area contributed by atoms with Gasteiger partial charge in [-0.3, -0.25) is 14.6 Å². The molecule has 6 heteroatoms. The van der Waals surface area contributed by atoms with Crippen molar-refractivity contribution in [2.45, 2.75) is 26.8 Å². The van der Waals surface area contributed by atoms with Gasteiger partial charge >= 0.3 is 0 Å². The van der Waals surface area contributed by atoms with E-state index in [1.54, 1.807) is 12.1 Å². The van der Waals surface area contributed by atoms with Crippen LogP contribution in [-0.4, -0.2) is 23.3 Å². The van der Waals surface area contributed by atoms with Crippen molar-refractivity contribution in [1.29, 1.82) is 0 Å². The van der Waals surface area contributed by atoms with Crippen LogP contribution in [0.5, 0.6) is 0 Å². The lowest BCUT2D eigenvalue weighted by Gasteiger charge is -2.09. The minimum atomic E-state index is -0.279. The molecule has 0 unspecified atom stereocenters. The number of hydrogen-bond acceptors (Lipinski definition) is 3. The van der Waals surface area contributed by atoms with E-state index in [9.17, 15) is 9.59 Å². The quantitative estimate of drug-likeness (QED) is 0.795. The fourth-order valence-electron chi connectivity index (χ4n) is 2.18. The standard InChI is InChI=1S/C19H22ClN3O2/c1-13(2)7-9-22-19(25)17-11-14(8-10-21-17)18(24)23-12-15-5-3-4-6-16(15)20/h3-6,8,10-11,13H,7,9,12H2,1-2H3,(H,22,25)(H,23,24). The van der Waals surface area contributed by atoms with Gasteiger partial charge in [0.05, 0.1) is 0 Å². The number of nitrogens with one attached hydrogen (secondary N) is 2. The summed E-state index contributed by atoms with van der Waals surface area (Å²) in [6.45, 7) is 5.08. The number of carbonyl (C=O) groups excluding carboxylic acids is 2. The number of pyridine rings is 1. The van der Waals surface area contributed by atoms with Crippen LogP contribution in [0.25, 0.3) is 0 Å². The first-order chi connectivity index (χ1) is 12.0. The van der Waals surface area contributed by atoms with Gasteiger partial charge in [-0.05, 0) is 36.1 Å². The molecule has 0 spiro atoms. The van der Waals surface area contributed by atoms with Gasteiger partial charge in [0.2, 0.25) is 0 Å². The second-order valence-corrected chi connectivity index (χ2v) is 6.55. The minimum absolute atomic E-state index is 0.231. The molecule has 2 amide bonds. The Kier molecular flexibility index (Phi) is 6.95. The predicted octanol–water partition coefficient (Wildman–Crippen LogP) is 3.44. The van der Waals surface area contributed by atoms with E-state index in [1.165, 1.54) is 12.3 Å². The van der Waals surface area contributed by atoms with Crippen molar-refractivity contribution in [2.24, 2.45) is 5.92 Å². The van der Waals surface area contributed by atoms with Crippen molar-refractivity contribution in [3.8, 4) is 0 Å². The molecular weight excluding hydrogens is 338 g/mol. The summed E-state index contributed by atoms with van der Waals surface area (Å²) in [6.07, 6.45) is 2.35. The van der Waals surface area contributed by atoms with Gasteiger partial charge < -0.3 is 10.6 Å². The van der Waals surface area contributed by atoms with Crippen LogP contribution in [0.2, 0.25) is 5.02 Å². The maximum atomic E-state index is 12.3. The van der Waals surface area contributed by atoms with Crippen LogP contribution in [0.15, 0.2) is 42.6 Å². The highest BCUT2D eigenvalue weighted by Gasteiger charge is 2.12. The second kappa shape index (κ2) is 9.18.